The first-order valence-corrected chi connectivity index (χ1v) is 7.37. The number of amides is 1. The van der Waals surface area contributed by atoms with Gasteiger partial charge >= 0.3 is 0 Å². The Labute approximate surface area is 132 Å². The Morgan fingerprint density at radius 1 is 1.35 bits per heavy atom. The first kappa shape index (κ1) is 15.1. The zero-order valence-electron chi connectivity index (χ0n) is 12.7. The molecule has 1 amide bonds. The summed E-state index contributed by atoms with van der Waals surface area (Å²) < 4.78 is 11.0. The molecule has 0 spiro atoms. The van der Waals surface area contributed by atoms with Gasteiger partial charge in [0.1, 0.15) is 19.0 Å². The van der Waals surface area contributed by atoms with Crippen molar-refractivity contribution in [3.63, 3.8) is 0 Å². The third-order valence-corrected chi connectivity index (χ3v) is 3.39. The minimum absolute atomic E-state index is 0.193. The molecule has 7 heteroatoms. The first-order chi connectivity index (χ1) is 11.1. The van der Waals surface area contributed by atoms with Crippen molar-refractivity contribution in [1.29, 1.82) is 0 Å². The SMILES string of the molecule is Cc1nc(CCNC(=O)c2cccc3c2OCCO3)cc(=O)[nH]1. The van der Waals surface area contributed by atoms with Gasteiger partial charge in [-0.1, -0.05) is 6.07 Å². The molecule has 3 rings (SSSR count). The summed E-state index contributed by atoms with van der Waals surface area (Å²) in [7, 11) is 0. The van der Waals surface area contributed by atoms with E-state index in [1.54, 1.807) is 25.1 Å². The smallest absolute Gasteiger partial charge is 0.255 e. The van der Waals surface area contributed by atoms with Crippen molar-refractivity contribution in [1.82, 2.24) is 15.3 Å². The zero-order chi connectivity index (χ0) is 16.2. The summed E-state index contributed by atoms with van der Waals surface area (Å²) in [5.74, 6) is 1.37. The fourth-order valence-corrected chi connectivity index (χ4v) is 2.42. The maximum absolute atomic E-state index is 12.3. The number of carbonyl (C=O) groups is 1. The number of carbonyl (C=O) groups excluding carboxylic acids is 1. The highest BCUT2D eigenvalue weighted by molar-refractivity contribution is 5.97. The van der Waals surface area contributed by atoms with Crippen LogP contribution in [0.2, 0.25) is 0 Å². The molecule has 2 N–H and O–H groups in total. The summed E-state index contributed by atoms with van der Waals surface area (Å²) in [6.07, 6.45) is 0.475. The maximum Gasteiger partial charge on any atom is 0.255 e. The van der Waals surface area contributed by atoms with Gasteiger partial charge < -0.3 is 19.8 Å². The molecule has 2 aromatic rings. The zero-order valence-corrected chi connectivity index (χ0v) is 12.7. The number of aryl methyl sites for hydroxylation is 1. The number of nitrogens with one attached hydrogen (secondary N) is 2. The van der Waals surface area contributed by atoms with E-state index in [0.717, 1.165) is 0 Å². The second-order valence-corrected chi connectivity index (χ2v) is 5.16. The summed E-state index contributed by atoms with van der Waals surface area (Å²) >= 11 is 0. The van der Waals surface area contributed by atoms with E-state index in [2.05, 4.69) is 15.3 Å². The molecule has 23 heavy (non-hydrogen) atoms. The fraction of sp³-hybridized carbons (Fsp3) is 0.312. The summed E-state index contributed by atoms with van der Waals surface area (Å²) in [6, 6.07) is 6.65. The van der Waals surface area contributed by atoms with Gasteiger partial charge in [-0.3, -0.25) is 9.59 Å². The third-order valence-electron chi connectivity index (χ3n) is 3.39. The van der Waals surface area contributed by atoms with E-state index in [1.807, 2.05) is 0 Å². The number of aromatic amines is 1. The molecule has 0 aliphatic carbocycles. The van der Waals surface area contributed by atoms with Gasteiger partial charge in [0.2, 0.25) is 0 Å². The predicted octanol–water partition coefficient (Wildman–Crippen LogP) is 0.822. The lowest BCUT2D eigenvalue weighted by Gasteiger charge is -2.20. The second-order valence-electron chi connectivity index (χ2n) is 5.16. The number of H-pyrrole nitrogens is 1. The Morgan fingerprint density at radius 2 is 2.17 bits per heavy atom. The van der Waals surface area contributed by atoms with Crippen LogP contribution in [0.1, 0.15) is 21.9 Å². The van der Waals surface area contributed by atoms with Gasteiger partial charge in [0.25, 0.3) is 11.5 Å². The molecule has 0 radical (unpaired) electrons. The van der Waals surface area contributed by atoms with E-state index < -0.39 is 0 Å². The van der Waals surface area contributed by atoms with Gasteiger partial charge in [-0.05, 0) is 19.1 Å². The number of para-hydroxylation sites is 1. The van der Waals surface area contributed by atoms with E-state index in [1.165, 1.54) is 6.07 Å². The molecular weight excluding hydrogens is 298 g/mol. The van der Waals surface area contributed by atoms with E-state index in [-0.39, 0.29) is 11.5 Å². The van der Waals surface area contributed by atoms with Crippen molar-refractivity contribution >= 4 is 5.91 Å². The standard InChI is InChI=1S/C16H17N3O4/c1-10-18-11(9-14(20)19-10)5-6-17-16(21)12-3-2-4-13-15(12)23-8-7-22-13/h2-4,9H,5-8H2,1H3,(H,17,21)(H,18,19,20). The second kappa shape index (κ2) is 6.51. The molecule has 0 saturated carbocycles. The highest BCUT2D eigenvalue weighted by Gasteiger charge is 2.19. The van der Waals surface area contributed by atoms with Crippen molar-refractivity contribution in [2.45, 2.75) is 13.3 Å². The Hall–Kier alpha value is -2.83. The average Bonchev–Trinajstić information content (AvgIpc) is 2.53. The average molecular weight is 315 g/mol. The molecule has 0 bridgehead atoms. The van der Waals surface area contributed by atoms with Crippen LogP contribution < -0.4 is 20.3 Å². The molecule has 7 nitrogen and oxygen atoms in total. The van der Waals surface area contributed by atoms with Crippen LogP contribution in [0.5, 0.6) is 11.5 Å². The lowest BCUT2D eigenvalue weighted by molar-refractivity contribution is 0.0943. The normalized spacial score (nSPS) is 12.7. The molecule has 0 atom stereocenters. The molecule has 1 aliphatic rings. The van der Waals surface area contributed by atoms with Crippen LogP contribution >= 0.6 is 0 Å². The number of hydrogen-bond acceptors (Lipinski definition) is 5. The summed E-state index contributed by atoms with van der Waals surface area (Å²) in [5.41, 5.74) is 0.889. The molecule has 1 aromatic heterocycles. The molecule has 0 fully saturated rings. The van der Waals surface area contributed by atoms with E-state index >= 15 is 0 Å². The quantitative estimate of drug-likeness (QED) is 0.871. The summed E-state index contributed by atoms with van der Waals surface area (Å²) in [4.78, 5) is 30.5. The topological polar surface area (TPSA) is 93.3 Å². The van der Waals surface area contributed by atoms with Crippen molar-refractivity contribution in [3.8, 4) is 11.5 Å². The van der Waals surface area contributed by atoms with E-state index in [0.29, 0.717) is 54.8 Å². The number of rotatable bonds is 4. The number of hydrogen-bond donors (Lipinski definition) is 2. The fourth-order valence-electron chi connectivity index (χ4n) is 2.42. The first-order valence-electron chi connectivity index (χ1n) is 7.37. The molecule has 120 valence electrons. The van der Waals surface area contributed by atoms with E-state index in [4.69, 9.17) is 9.47 Å². The van der Waals surface area contributed by atoms with Crippen LogP contribution in [0.15, 0.2) is 29.1 Å². The molecule has 0 unspecified atom stereocenters. The number of benzene rings is 1. The van der Waals surface area contributed by atoms with Crippen LogP contribution in [0.4, 0.5) is 0 Å². The molecule has 2 heterocycles. The predicted molar refractivity (Wildman–Crippen MR) is 83.1 cm³/mol. The highest BCUT2D eigenvalue weighted by Crippen LogP contribution is 2.33. The van der Waals surface area contributed by atoms with Crippen molar-refractivity contribution in [2.24, 2.45) is 0 Å². The maximum atomic E-state index is 12.3. The minimum atomic E-state index is -0.242. The molecule has 1 aromatic carbocycles. The summed E-state index contributed by atoms with van der Waals surface area (Å²) in [5, 5.41) is 2.81. The monoisotopic (exact) mass is 315 g/mol. The van der Waals surface area contributed by atoms with Gasteiger partial charge in [0, 0.05) is 24.7 Å². The number of ether oxygens (including phenoxy) is 2. The number of fused-ring (bicyclic) bond motifs is 1. The molecule has 0 saturated heterocycles. The Balaban J connectivity index is 1.65. The minimum Gasteiger partial charge on any atom is -0.486 e. The van der Waals surface area contributed by atoms with E-state index in [9.17, 15) is 9.59 Å². The van der Waals surface area contributed by atoms with Gasteiger partial charge in [0.05, 0.1) is 5.56 Å². The Kier molecular flexibility index (Phi) is 4.27. The van der Waals surface area contributed by atoms with Crippen molar-refractivity contribution in [2.75, 3.05) is 19.8 Å². The molecular formula is C16H17N3O4. The summed E-state index contributed by atoms with van der Waals surface area (Å²) in [6.45, 7) is 3.00. The Morgan fingerprint density at radius 3 is 3.00 bits per heavy atom. The van der Waals surface area contributed by atoms with Gasteiger partial charge in [-0.15, -0.1) is 0 Å². The van der Waals surface area contributed by atoms with Crippen LogP contribution in [0.25, 0.3) is 0 Å². The van der Waals surface area contributed by atoms with Crippen molar-refractivity contribution in [3.05, 3.63) is 51.7 Å². The Bertz CT molecular complexity index is 785. The third kappa shape index (κ3) is 3.50. The van der Waals surface area contributed by atoms with Gasteiger partial charge in [-0.25, -0.2) is 4.98 Å². The lowest BCUT2D eigenvalue weighted by Crippen LogP contribution is -2.28. The van der Waals surface area contributed by atoms with Crippen LogP contribution in [0, 0.1) is 6.92 Å². The molecule has 1 aliphatic heterocycles. The highest BCUT2D eigenvalue weighted by atomic mass is 16.6. The van der Waals surface area contributed by atoms with Gasteiger partial charge in [0.15, 0.2) is 11.5 Å². The van der Waals surface area contributed by atoms with Crippen LogP contribution in [0.3, 0.4) is 0 Å². The van der Waals surface area contributed by atoms with Crippen molar-refractivity contribution < 1.29 is 14.3 Å². The largest absolute Gasteiger partial charge is 0.486 e. The van der Waals surface area contributed by atoms with Crippen LogP contribution in [-0.4, -0.2) is 35.6 Å². The van der Waals surface area contributed by atoms with Gasteiger partial charge in [-0.2, -0.15) is 0 Å². The number of aromatic nitrogens is 2. The van der Waals surface area contributed by atoms with Crippen LogP contribution in [-0.2, 0) is 6.42 Å². The number of nitrogens with zero attached hydrogens (tertiary/aromatic N) is 1. The lowest BCUT2D eigenvalue weighted by atomic mass is 10.1.